The molecule has 0 saturated heterocycles. The van der Waals surface area contributed by atoms with Crippen LogP contribution in [0.5, 0.6) is 0 Å². The zero-order valence-electron chi connectivity index (χ0n) is 12.6. The first-order chi connectivity index (χ1) is 11.4. The van der Waals surface area contributed by atoms with Gasteiger partial charge in [-0.15, -0.1) is 0 Å². The third kappa shape index (κ3) is 1.87. The Bertz CT molecular complexity index is 1150. The smallest absolute Gasteiger partial charge is 0.0471 e. The molecule has 0 saturated carbocycles. The number of H-pyrrole nitrogens is 1. The molecule has 0 radical (unpaired) electrons. The van der Waals surface area contributed by atoms with Crippen molar-refractivity contribution in [2.45, 2.75) is 0 Å². The summed E-state index contributed by atoms with van der Waals surface area (Å²) in [6, 6.07) is 30.2. The number of nitrogens with one attached hydrogen (secondary N) is 1. The Balaban J connectivity index is 1.91. The molecule has 0 aliphatic rings. The summed E-state index contributed by atoms with van der Waals surface area (Å²) in [5.41, 5.74) is 4.90. The van der Waals surface area contributed by atoms with Crippen molar-refractivity contribution in [3.05, 3.63) is 84.9 Å². The molecular weight excluding hydrogens is 278 g/mol. The molecule has 5 aromatic rings. The largest absolute Gasteiger partial charge is 0.354 e. The van der Waals surface area contributed by atoms with Gasteiger partial charge in [0.2, 0.25) is 0 Å². The maximum atomic E-state index is 3.55. The van der Waals surface area contributed by atoms with Crippen LogP contribution in [0.25, 0.3) is 43.7 Å². The van der Waals surface area contributed by atoms with E-state index in [9.17, 15) is 0 Å². The summed E-state index contributed by atoms with van der Waals surface area (Å²) in [6.07, 6.45) is 0. The lowest BCUT2D eigenvalue weighted by Crippen LogP contribution is -1.77. The maximum absolute atomic E-state index is 3.55. The predicted molar refractivity (Wildman–Crippen MR) is 98.7 cm³/mol. The summed E-state index contributed by atoms with van der Waals surface area (Å²) in [5, 5.41) is 5.20. The second-order valence-electron chi connectivity index (χ2n) is 5.96. The van der Waals surface area contributed by atoms with Gasteiger partial charge < -0.3 is 4.98 Å². The normalized spacial score (nSPS) is 11.5. The van der Waals surface area contributed by atoms with E-state index in [0.29, 0.717) is 0 Å². The third-order valence-corrected chi connectivity index (χ3v) is 4.59. The molecule has 0 amide bonds. The predicted octanol–water partition coefficient (Wildman–Crippen LogP) is 6.14. The van der Waals surface area contributed by atoms with E-state index < -0.39 is 0 Å². The van der Waals surface area contributed by atoms with Crippen molar-refractivity contribution in [2.75, 3.05) is 0 Å². The summed E-state index contributed by atoms with van der Waals surface area (Å²) in [5.74, 6) is 0. The van der Waals surface area contributed by atoms with E-state index in [2.05, 4.69) is 89.9 Å². The first-order valence-corrected chi connectivity index (χ1v) is 7.89. The molecule has 1 heteroatoms. The fourth-order valence-electron chi connectivity index (χ4n) is 3.48. The second-order valence-corrected chi connectivity index (χ2v) is 5.96. The van der Waals surface area contributed by atoms with Crippen LogP contribution in [-0.4, -0.2) is 4.98 Å². The van der Waals surface area contributed by atoms with Crippen molar-refractivity contribution >= 4 is 32.6 Å². The van der Waals surface area contributed by atoms with E-state index in [0.717, 1.165) is 0 Å². The van der Waals surface area contributed by atoms with E-state index in [-0.39, 0.29) is 0 Å². The molecule has 0 spiro atoms. The fraction of sp³-hybridized carbons (Fsp3) is 0. The highest BCUT2D eigenvalue weighted by Gasteiger charge is 2.09. The minimum atomic E-state index is 1.19. The molecule has 0 bridgehead atoms. The number of fused-ring (bicyclic) bond motifs is 5. The maximum Gasteiger partial charge on any atom is 0.0471 e. The lowest BCUT2D eigenvalue weighted by Gasteiger charge is -2.03. The molecule has 0 aliphatic carbocycles. The summed E-state index contributed by atoms with van der Waals surface area (Å²) >= 11 is 0. The molecule has 0 fully saturated rings. The highest BCUT2D eigenvalue weighted by Crippen LogP contribution is 2.34. The van der Waals surface area contributed by atoms with Crippen LogP contribution >= 0.6 is 0 Å². The molecule has 0 unspecified atom stereocenters. The van der Waals surface area contributed by atoms with Crippen LogP contribution in [0.4, 0.5) is 0 Å². The highest BCUT2D eigenvalue weighted by atomic mass is 14.7. The number of hydrogen-bond donors (Lipinski definition) is 1. The van der Waals surface area contributed by atoms with Gasteiger partial charge in [-0.3, -0.25) is 0 Å². The topological polar surface area (TPSA) is 15.8 Å². The lowest BCUT2D eigenvalue weighted by atomic mass is 10.0. The highest BCUT2D eigenvalue weighted by molar-refractivity contribution is 6.20. The summed E-state index contributed by atoms with van der Waals surface area (Å²) in [7, 11) is 0. The molecule has 0 atom stereocenters. The van der Waals surface area contributed by atoms with Crippen LogP contribution in [0, 0.1) is 0 Å². The minimum Gasteiger partial charge on any atom is -0.354 e. The summed E-state index contributed by atoms with van der Waals surface area (Å²) in [4.78, 5) is 3.55. The van der Waals surface area contributed by atoms with E-state index in [1.165, 1.54) is 43.7 Å². The monoisotopic (exact) mass is 293 g/mol. The SMILES string of the molecule is c1ccc(-c2ccc3[nH]c4ccc5ccccc5c4c3c2)cc1. The van der Waals surface area contributed by atoms with Crippen molar-refractivity contribution in [3.63, 3.8) is 0 Å². The Labute approximate surface area is 134 Å². The van der Waals surface area contributed by atoms with Gasteiger partial charge in [-0.2, -0.15) is 0 Å². The number of benzene rings is 4. The molecule has 5 rings (SSSR count). The fourth-order valence-corrected chi connectivity index (χ4v) is 3.48. The molecular formula is C22H15N. The first kappa shape index (κ1) is 12.5. The van der Waals surface area contributed by atoms with E-state index >= 15 is 0 Å². The molecule has 23 heavy (non-hydrogen) atoms. The molecule has 1 aromatic heterocycles. The Hall–Kier alpha value is -3.06. The zero-order valence-corrected chi connectivity index (χ0v) is 12.6. The van der Waals surface area contributed by atoms with Crippen molar-refractivity contribution in [3.8, 4) is 11.1 Å². The van der Waals surface area contributed by atoms with Crippen molar-refractivity contribution in [1.29, 1.82) is 0 Å². The Morgan fingerprint density at radius 1 is 0.522 bits per heavy atom. The third-order valence-electron chi connectivity index (χ3n) is 4.59. The average Bonchev–Trinajstić information content (AvgIpc) is 3.00. The quantitative estimate of drug-likeness (QED) is 0.382. The van der Waals surface area contributed by atoms with Gasteiger partial charge in [-0.1, -0.05) is 66.7 Å². The van der Waals surface area contributed by atoms with Crippen LogP contribution in [0.3, 0.4) is 0 Å². The molecule has 1 nitrogen and oxygen atoms in total. The summed E-state index contributed by atoms with van der Waals surface area (Å²) in [6.45, 7) is 0. The van der Waals surface area contributed by atoms with Gasteiger partial charge in [0.15, 0.2) is 0 Å². The molecule has 4 aromatic carbocycles. The van der Waals surface area contributed by atoms with Gasteiger partial charge in [0.1, 0.15) is 0 Å². The van der Waals surface area contributed by atoms with Crippen molar-refractivity contribution in [1.82, 2.24) is 4.98 Å². The van der Waals surface area contributed by atoms with Crippen LogP contribution in [-0.2, 0) is 0 Å². The number of hydrogen-bond acceptors (Lipinski definition) is 0. The molecule has 108 valence electrons. The standard InChI is InChI=1S/C22H15N/c1-2-6-15(7-3-1)17-11-12-20-19(14-17)22-18-9-5-4-8-16(18)10-13-21(22)23-20/h1-14,23H. The Morgan fingerprint density at radius 3 is 2.22 bits per heavy atom. The number of aromatic amines is 1. The van der Waals surface area contributed by atoms with Gasteiger partial charge in [-0.25, -0.2) is 0 Å². The van der Waals surface area contributed by atoms with E-state index in [4.69, 9.17) is 0 Å². The molecule has 0 aliphatic heterocycles. The second kappa shape index (κ2) is 4.72. The number of rotatable bonds is 1. The van der Waals surface area contributed by atoms with Crippen LogP contribution in [0.15, 0.2) is 84.9 Å². The van der Waals surface area contributed by atoms with E-state index in [1.54, 1.807) is 0 Å². The van der Waals surface area contributed by atoms with Gasteiger partial charge in [0, 0.05) is 21.8 Å². The van der Waals surface area contributed by atoms with Gasteiger partial charge in [0.05, 0.1) is 0 Å². The zero-order chi connectivity index (χ0) is 15.2. The van der Waals surface area contributed by atoms with Crippen LogP contribution < -0.4 is 0 Å². The van der Waals surface area contributed by atoms with E-state index in [1.807, 2.05) is 0 Å². The van der Waals surface area contributed by atoms with Gasteiger partial charge in [0.25, 0.3) is 0 Å². The lowest BCUT2D eigenvalue weighted by molar-refractivity contribution is 1.55. The molecule has 1 N–H and O–H groups in total. The Morgan fingerprint density at radius 2 is 1.30 bits per heavy atom. The average molecular weight is 293 g/mol. The van der Waals surface area contributed by atoms with Crippen molar-refractivity contribution < 1.29 is 0 Å². The van der Waals surface area contributed by atoms with Crippen LogP contribution in [0.2, 0.25) is 0 Å². The first-order valence-electron chi connectivity index (χ1n) is 7.89. The van der Waals surface area contributed by atoms with Crippen molar-refractivity contribution in [2.24, 2.45) is 0 Å². The van der Waals surface area contributed by atoms with Gasteiger partial charge in [-0.05, 0) is 40.1 Å². The minimum absolute atomic E-state index is 1.19. The van der Waals surface area contributed by atoms with Crippen LogP contribution in [0.1, 0.15) is 0 Å². The summed E-state index contributed by atoms with van der Waals surface area (Å²) < 4.78 is 0. The van der Waals surface area contributed by atoms with Gasteiger partial charge >= 0.3 is 0 Å². The molecule has 1 heterocycles. The Kier molecular flexibility index (Phi) is 2.56. The number of aromatic nitrogens is 1.